The number of amides is 2. The van der Waals surface area contributed by atoms with Crippen molar-refractivity contribution in [1.82, 2.24) is 45.1 Å². The van der Waals surface area contributed by atoms with Gasteiger partial charge in [0.15, 0.2) is 11.3 Å². The van der Waals surface area contributed by atoms with Crippen molar-refractivity contribution < 1.29 is 91.0 Å². The van der Waals surface area contributed by atoms with Crippen LogP contribution in [0.1, 0.15) is 81.2 Å². The van der Waals surface area contributed by atoms with Gasteiger partial charge in [-0.15, -0.1) is 0 Å². The summed E-state index contributed by atoms with van der Waals surface area (Å²) in [5, 5.41) is 106. The summed E-state index contributed by atoms with van der Waals surface area (Å²) in [6, 6.07) is 39.3. The van der Waals surface area contributed by atoms with Crippen LogP contribution in [-0.2, 0) is 67.4 Å². The molecule has 134 heavy (non-hydrogen) atoms. The summed E-state index contributed by atoms with van der Waals surface area (Å²) in [6.45, 7) is 13.2. The van der Waals surface area contributed by atoms with Crippen LogP contribution in [0.3, 0.4) is 0 Å². The highest BCUT2D eigenvalue weighted by atomic mass is 35.5. The molecule has 0 saturated carbocycles. The Morgan fingerprint density at radius 2 is 0.813 bits per heavy atom. The lowest BCUT2D eigenvalue weighted by Crippen LogP contribution is -2.44. The maximum absolute atomic E-state index is 12.3. The number of para-hydroxylation sites is 1. The van der Waals surface area contributed by atoms with E-state index < -0.39 is 9.85 Å². The molecular formula is C90H95ClN22O21. The van der Waals surface area contributed by atoms with Crippen LogP contribution in [0, 0.1) is 46.3 Å². The Hall–Kier alpha value is -15.9. The smallest absolute Gasteiger partial charge is 0.461 e. The lowest BCUT2D eigenvalue weighted by molar-refractivity contribution is -0.672. The molecule has 43 nitrogen and oxygen atoms in total. The number of rotatable bonds is 13. The summed E-state index contributed by atoms with van der Waals surface area (Å²) >= 11 is 5.60. The number of nitrogens with one attached hydrogen (secondary N) is 4. The van der Waals surface area contributed by atoms with E-state index in [1.165, 1.54) is 37.1 Å². The van der Waals surface area contributed by atoms with E-state index in [2.05, 4.69) is 62.7 Å². The summed E-state index contributed by atoms with van der Waals surface area (Å²) in [7, 11) is 7.83. The monoisotopic (exact) mass is 1850 g/mol. The number of carbonyl (C=O) groups excluding carboxylic acids is 3. The number of nitro benzene ring substituents is 2. The third-order valence-electron chi connectivity index (χ3n) is 21.5. The fourth-order valence-corrected chi connectivity index (χ4v) is 15.1. The topological polar surface area (TPSA) is 552 Å². The van der Waals surface area contributed by atoms with Crippen LogP contribution < -0.4 is 99.5 Å². The number of aromatic nitrogens is 12. The summed E-state index contributed by atoms with van der Waals surface area (Å²) in [6.07, 6.45) is 7.71. The molecule has 0 spiro atoms. The zero-order chi connectivity index (χ0) is 95.0. The van der Waals surface area contributed by atoms with E-state index in [1.807, 2.05) is 111 Å². The van der Waals surface area contributed by atoms with Gasteiger partial charge in [-0.3, -0.25) is 39.9 Å². The summed E-state index contributed by atoms with van der Waals surface area (Å²) < 4.78 is 48.6. The molecule has 0 fully saturated rings. The number of ether oxygens (including phenoxy) is 9. The molecule has 0 atom stereocenters. The molecule has 9 aliphatic heterocycles. The van der Waals surface area contributed by atoms with Gasteiger partial charge in [0.1, 0.15) is 79.7 Å². The van der Waals surface area contributed by atoms with Gasteiger partial charge < -0.3 is 106 Å². The molecule has 0 unspecified atom stereocenters. The number of nitro groups is 2. The van der Waals surface area contributed by atoms with Gasteiger partial charge in [0.2, 0.25) is 16.9 Å². The molecule has 698 valence electrons. The first kappa shape index (κ1) is 94.2. The van der Waals surface area contributed by atoms with E-state index in [-0.39, 0.29) is 63.0 Å². The Bertz CT molecular complexity index is 6520. The average molecular weight is 1860 g/mol. The van der Waals surface area contributed by atoms with Gasteiger partial charge in [-0.25, -0.2) is 19.7 Å². The van der Waals surface area contributed by atoms with Gasteiger partial charge in [0.05, 0.1) is 122 Å². The second kappa shape index (κ2) is 42.8. The van der Waals surface area contributed by atoms with Gasteiger partial charge in [0, 0.05) is 146 Å². The molecule has 2 amide bonds. The first-order valence-corrected chi connectivity index (χ1v) is 43.0. The minimum atomic E-state index is -0.534. The highest BCUT2D eigenvalue weighted by Crippen LogP contribution is 2.39. The lowest BCUT2D eigenvalue weighted by atomic mass is 10.1. The van der Waals surface area contributed by atoms with Crippen molar-refractivity contribution in [3.05, 3.63) is 241 Å². The van der Waals surface area contributed by atoms with Crippen molar-refractivity contribution in [2.75, 3.05) is 147 Å². The molecule has 8 N–H and O–H groups in total. The number of benzene rings is 9. The van der Waals surface area contributed by atoms with Gasteiger partial charge in [-0.1, -0.05) is 18.2 Å². The highest BCUT2D eigenvalue weighted by Gasteiger charge is 2.29. The first-order valence-electron chi connectivity index (χ1n) is 42.6. The van der Waals surface area contributed by atoms with Crippen LogP contribution in [0.5, 0.6) is 51.7 Å². The SMILES string of the molecule is CC(=O)Nc1cc2c(cc1[N+](=O)[O-])OCC2.CC(=O)Nc1ccc2c(c1)CCO2.CC(=O)c1ccc2c(c1)CCO2.CN(C)CCNc1n[n+]([O-])c2cc3c(cc2[n+]1[O-])CCO3.CN(C)CCNc1nc2cc3c(cc2[n+]([O-])n1)OCC3.Nc1cc2c(cc1[N+](=O)[O-])OCC2.Nc1nc2cc3c(cc2[n+]([O-])n1)OCC3.[O-][n+]1nc(Cl)nc2cc3c(cc21)OCC3.c1ccc2c(c1)CCO2. The van der Waals surface area contributed by atoms with Crippen molar-refractivity contribution in [3.63, 3.8) is 0 Å². The van der Waals surface area contributed by atoms with E-state index in [0.717, 1.165) is 169 Å². The predicted octanol–water partition coefficient (Wildman–Crippen LogP) is 7.84. The summed E-state index contributed by atoms with van der Waals surface area (Å²) in [5.74, 6) is 7.03. The van der Waals surface area contributed by atoms with Crippen molar-refractivity contribution in [1.29, 1.82) is 0 Å². The minimum absolute atomic E-state index is 0.0122. The molecule has 0 saturated heterocycles. The normalized spacial score (nSPS) is 13.6. The third kappa shape index (κ3) is 23.6. The number of anilines is 6. The van der Waals surface area contributed by atoms with Crippen LogP contribution in [0.2, 0.25) is 5.28 Å². The van der Waals surface area contributed by atoms with E-state index >= 15 is 0 Å². The summed E-state index contributed by atoms with van der Waals surface area (Å²) in [4.78, 5) is 71.4. The van der Waals surface area contributed by atoms with E-state index in [4.69, 9.17) is 65.7 Å². The van der Waals surface area contributed by atoms with Crippen LogP contribution in [0.25, 0.3) is 44.1 Å². The number of hydrogen-bond acceptors (Lipinski definition) is 34. The lowest BCUT2D eigenvalue weighted by Gasteiger charge is -2.12. The van der Waals surface area contributed by atoms with Crippen LogP contribution in [0.15, 0.2) is 133 Å². The molecule has 44 heteroatoms. The molecule has 0 bridgehead atoms. The molecular weight excluding hydrogens is 1760 g/mol. The van der Waals surface area contributed by atoms with Gasteiger partial charge in [-0.05, 0) is 157 Å². The zero-order valence-electron chi connectivity index (χ0n) is 74.0. The van der Waals surface area contributed by atoms with Crippen molar-refractivity contribution in [3.8, 4) is 51.7 Å². The number of nitrogen functional groups attached to an aromatic ring is 2. The Morgan fingerprint density at radius 1 is 0.410 bits per heavy atom. The Kier molecular flexibility index (Phi) is 30.1. The molecule has 13 heterocycles. The number of Topliss-reactive ketones (excluding diaryl/α,β-unsaturated/α-hetero) is 1. The number of halogens is 1. The molecule has 13 aromatic rings. The number of likely N-dealkylation sites (N-methyl/N-ethyl adjacent to an activating group) is 2. The maximum Gasteiger partial charge on any atom is 0.461 e. The molecule has 22 rings (SSSR count). The van der Waals surface area contributed by atoms with Crippen LogP contribution in [-0.4, -0.2) is 186 Å². The van der Waals surface area contributed by atoms with E-state index in [0.29, 0.717) is 145 Å². The van der Waals surface area contributed by atoms with Crippen molar-refractivity contribution >= 4 is 120 Å². The minimum Gasteiger partial charge on any atom is -0.739 e. The van der Waals surface area contributed by atoms with E-state index in [1.54, 1.807) is 49.4 Å². The van der Waals surface area contributed by atoms with Gasteiger partial charge >= 0.3 is 11.5 Å². The second-order valence-electron chi connectivity index (χ2n) is 31.7. The molecule has 9 aromatic carbocycles. The van der Waals surface area contributed by atoms with Gasteiger partial charge in [0.25, 0.3) is 45.1 Å². The van der Waals surface area contributed by atoms with Crippen molar-refractivity contribution in [2.24, 2.45) is 0 Å². The number of nitrogens with two attached hydrogens (primary N) is 2. The Labute approximate surface area is 769 Å². The second-order valence-corrected chi connectivity index (χ2v) is 32.1. The Morgan fingerprint density at radius 3 is 1.32 bits per heavy atom. The number of fused-ring (bicyclic) bond motifs is 13. The first-order chi connectivity index (χ1) is 64.4. The average Bonchev–Trinajstić information content (AvgIpc) is 1.38. The fraction of sp³-hybridized carbons (Fsp3) is 0.322. The Balaban J connectivity index is 0.000000122. The number of ketones is 1. The largest absolute Gasteiger partial charge is 0.739 e. The number of nitrogens with zero attached hydrogens (tertiary/aromatic N) is 16. The quantitative estimate of drug-likeness (QED) is 0.0160. The predicted molar refractivity (Wildman–Crippen MR) is 490 cm³/mol. The highest BCUT2D eigenvalue weighted by molar-refractivity contribution is 6.28. The van der Waals surface area contributed by atoms with Crippen molar-refractivity contribution in [2.45, 2.75) is 78.6 Å². The standard InChI is InChI=1S/C13H17N5O3.C13H17N5O2.C10H10N2O4.C10H11NO2.C10H10O2.C9H6ClN3O2.C9H8N4O2.C8H8N2O3.C8H8O/c1-16(2)5-4-14-13-15-18(20)11-8-12-9(3-6-21-12)7-10(11)17(13)19;1-17(2)5-4-14-13-15-10-7-9-3-6-20-12(9)8-11(10)18(19)16-13;1-6(13)11-8-4-7-2-3-16-10(7)5-9(8)12(14)15;1-7(12)11-9-2-3-10-8(6-9)4-5-13-10;1-7(11)8-2-3-10-9(6-8)4-5-12-10;2*10-9-11-6-3-5-1-2-15-8(5)4-7(6)13(14)12-9;9-6-3-5-1-2-13-8(5)4-7(6)10(11)12;1-2-4-8-7(3-1)5-6-9-8/h7-8H,3-6H2,1-2H3,(H,14,15);7-8H,3-6H2,1-2H3,(H,14,15,16);4-5H,2-3H2,1H3,(H,11,13);2-3,6H,4-5H2,1H3,(H,11,12);2-3,6H,4-5H2,1H3;3-4H,1-2H2;3-4H,1-2H2,(H2,10,11,12);3-4H,1-2,9H2;1-4H,5-6H2. The zero-order valence-corrected chi connectivity index (χ0v) is 74.8. The number of hydrogen-bond donors (Lipinski definition) is 6. The molecule has 9 aliphatic rings. The summed E-state index contributed by atoms with van der Waals surface area (Å²) in [5.41, 5.74) is 25.8. The van der Waals surface area contributed by atoms with Crippen LogP contribution in [0.4, 0.5) is 46.3 Å². The van der Waals surface area contributed by atoms with E-state index in [9.17, 15) is 60.6 Å². The number of carbonyl (C=O) groups is 3. The third-order valence-corrected chi connectivity index (χ3v) is 21.7. The van der Waals surface area contributed by atoms with Crippen LogP contribution >= 0.6 is 11.6 Å². The molecule has 0 aliphatic carbocycles. The van der Waals surface area contributed by atoms with Gasteiger partial charge in [-0.2, -0.15) is 0 Å². The fourth-order valence-electron chi connectivity index (χ4n) is 15.0. The molecule has 4 aromatic heterocycles. The molecule has 0 radical (unpaired) electrons. The maximum atomic E-state index is 12.3.